The first-order valence-corrected chi connectivity index (χ1v) is 10.3. The normalized spacial score (nSPS) is 17.6. The molecule has 0 saturated carbocycles. The molecular weight excluding hydrogens is 374 g/mol. The van der Waals surface area contributed by atoms with Crippen molar-refractivity contribution in [3.8, 4) is 5.75 Å². The molecule has 1 heterocycles. The van der Waals surface area contributed by atoms with E-state index >= 15 is 0 Å². The number of benzene rings is 3. The van der Waals surface area contributed by atoms with Crippen LogP contribution in [0.2, 0.25) is 0 Å². The Bertz CT molecular complexity index is 1110. The predicted molar refractivity (Wildman–Crippen MR) is 107 cm³/mol. The van der Waals surface area contributed by atoms with Crippen LogP contribution in [0.1, 0.15) is 29.2 Å². The first-order chi connectivity index (χ1) is 13.5. The summed E-state index contributed by atoms with van der Waals surface area (Å²) in [6, 6.07) is 23.6. The van der Waals surface area contributed by atoms with Crippen LogP contribution in [0.4, 0.5) is 0 Å². The number of oxime groups is 1. The van der Waals surface area contributed by atoms with E-state index in [0.717, 1.165) is 16.7 Å². The summed E-state index contributed by atoms with van der Waals surface area (Å²) in [4.78, 5) is 0.0717. The lowest BCUT2D eigenvalue weighted by Crippen LogP contribution is -2.21. The van der Waals surface area contributed by atoms with Gasteiger partial charge in [-0.1, -0.05) is 65.3 Å². The summed E-state index contributed by atoms with van der Waals surface area (Å²) < 4.78 is 36.1. The zero-order chi connectivity index (χ0) is 19.6. The lowest BCUT2D eigenvalue weighted by atomic mass is 9.96. The molecule has 5 nitrogen and oxygen atoms in total. The standard InChI is InChI=1S/C22H19NO4S/c1-16-11-13-18(14-12-16)28(24,25)27-23-20-15-22(17-7-3-2-4-8-17)26-21-10-6-5-9-19(20)21/h2-14,22H,15H2,1H3/b23-20-/t22-/m0/s1. The molecule has 0 aromatic heterocycles. The Kier molecular flexibility index (Phi) is 4.88. The van der Waals surface area contributed by atoms with Crippen LogP contribution < -0.4 is 4.74 Å². The van der Waals surface area contributed by atoms with E-state index in [9.17, 15) is 8.42 Å². The second kappa shape index (κ2) is 7.48. The second-order valence-corrected chi connectivity index (χ2v) is 8.13. The Balaban J connectivity index is 1.66. The quantitative estimate of drug-likeness (QED) is 0.606. The van der Waals surface area contributed by atoms with Crippen molar-refractivity contribution in [3.05, 3.63) is 95.6 Å². The number of hydrogen-bond acceptors (Lipinski definition) is 5. The third-order valence-electron chi connectivity index (χ3n) is 4.57. The molecule has 0 radical (unpaired) electrons. The summed E-state index contributed by atoms with van der Waals surface area (Å²) in [7, 11) is -3.99. The molecule has 0 amide bonds. The van der Waals surface area contributed by atoms with E-state index in [-0.39, 0.29) is 11.0 Å². The van der Waals surface area contributed by atoms with Crippen LogP contribution in [-0.2, 0) is 14.4 Å². The summed E-state index contributed by atoms with van der Waals surface area (Å²) in [6.45, 7) is 1.89. The Morgan fingerprint density at radius 2 is 1.61 bits per heavy atom. The SMILES string of the molecule is Cc1ccc(S(=O)(=O)O/N=C2/C[C@@H](c3ccccc3)Oc3ccccc32)cc1. The maximum absolute atomic E-state index is 12.5. The maximum atomic E-state index is 12.5. The Hall–Kier alpha value is -3.12. The average Bonchev–Trinajstić information content (AvgIpc) is 2.73. The fraction of sp³-hybridized carbons (Fsp3) is 0.136. The van der Waals surface area contributed by atoms with Crippen LogP contribution in [0.25, 0.3) is 0 Å². The molecule has 0 unspecified atom stereocenters. The first kappa shape index (κ1) is 18.3. The van der Waals surface area contributed by atoms with Crippen LogP contribution in [0.15, 0.2) is 88.9 Å². The molecular formula is C22H19NO4S. The van der Waals surface area contributed by atoms with Crippen molar-refractivity contribution in [2.45, 2.75) is 24.3 Å². The lowest BCUT2D eigenvalue weighted by Gasteiger charge is -2.27. The van der Waals surface area contributed by atoms with Crippen molar-refractivity contribution in [1.82, 2.24) is 0 Å². The van der Waals surface area contributed by atoms with Crippen molar-refractivity contribution in [1.29, 1.82) is 0 Å². The summed E-state index contributed by atoms with van der Waals surface area (Å²) >= 11 is 0. The molecule has 0 spiro atoms. The summed E-state index contributed by atoms with van der Waals surface area (Å²) in [5.41, 5.74) is 3.22. The topological polar surface area (TPSA) is 65.0 Å². The van der Waals surface area contributed by atoms with Gasteiger partial charge in [0.15, 0.2) is 0 Å². The monoisotopic (exact) mass is 393 g/mol. The van der Waals surface area contributed by atoms with E-state index in [1.165, 1.54) is 12.1 Å². The summed E-state index contributed by atoms with van der Waals surface area (Å²) in [6.07, 6.45) is 0.144. The van der Waals surface area contributed by atoms with Crippen molar-refractivity contribution >= 4 is 15.8 Å². The molecule has 142 valence electrons. The molecule has 3 aromatic carbocycles. The van der Waals surface area contributed by atoms with Gasteiger partial charge in [0.2, 0.25) is 0 Å². The van der Waals surface area contributed by atoms with Gasteiger partial charge in [-0.15, -0.1) is 0 Å². The van der Waals surface area contributed by atoms with Gasteiger partial charge in [-0.2, -0.15) is 8.42 Å². The smallest absolute Gasteiger partial charge is 0.358 e. The van der Waals surface area contributed by atoms with Crippen LogP contribution >= 0.6 is 0 Å². The van der Waals surface area contributed by atoms with Gasteiger partial charge in [0.1, 0.15) is 16.7 Å². The zero-order valence-electron chi connectivity index (χ0n) is 15.3. The van der Waals surface area contributed by atoms with Crippen molar-refractivity contribution in [2.75, 3.05) is 0 Å². The van der Waals surface area contributed by atoms with E-state index in [1.54, 1.807) is 12.1 Å². The molecule has 0 fully saturated rings. The molecule has 1 aliphatic rings. The molecule has 0 aliphatic carbocycles. The number of ether oxygens (including phenoxy) is 1. The third kappa shape index (κ3) is 3.77. The van der Waals surface area contributed by atoms with Crippen molar-refractivity contribution in [3.63, 3.8) is 0 Å². The molecule has 0 saturated heterocycles. The van der Waals surface area contributed by atoms with Crippen LogP contribution in [0.3, 0.4) is 0 Å². The van der Waals surface area contributed by atoms with Gasteiger partial charge in [-0.25, -0.2) is 0 Å². The minimum atomic E-state index is -3.99. The van der Waals surface area contributed by atoms with Crippen molar-refractivity contribution < 1.29 is 17.4 Å². The number of hydrogen-bond donors (Lipinski definition) is 0. The number of aryl methyl sites for hydroxylation is 1. The highest BCUT2D eigenvalue weighted by Gasteiger charge is 2.27. The molecule has 0 bridgehead atoms. The van der Waals surface area contributed by atoms with Gasteiger partial charge >= 0.3 is 10.1 Å². The van der Waals surface area contributed by atoms with E-state index < -0.39 is 10.1 Å². The number of rotatable bonds is 4. The van der Waals surface area contributed by atoms with Gasteiger partial charge in [0.25, 0.3) is 0 Å². The fourth-order valence-corrected chi connectivity index (χ4v) is 3.81. The van der Waals surface area contributed by atoms with E-state index in [4.69, 9.17) is 9.02 Å². The highest BCUT2D eigenvalue weighted by molar-refractivity contribution is 7.86. The fourth-order valence-electron chi connectivity index (χ4n) is 3.07. The minimum Gasteiger partial charge on any atom is -0.485 e. The zero-order valence-corrected chi connectivity index (χ0v) is 16.1. The average molecular weight is 393 g/mol. The number of nitrogens with zero attached hydrogens (tertiary/aromatic N) is 1. The van der Waals surface area contributed by atoms with Gasteiger partial charge < -0.3 is 4.74 Å². The Morgan fingerprint density at radius 3 is 2.36 bits per heavy atom. The predicted octanol–water partition coefficient (Wildman–Crippen LogP) is 4.63. The minimum absolute atomic E-state index is 0.0717. The molecule has 1 aliphatic heterocycles. The highest BCUT2D eigenvalue weighted by Crippen LogP contribution is 2.35. The molecule has 4 rings (SSSR count). The van der Waals surface area contributed by atoms with E-state index in [1.807, 2.05) is 61.5 Å². The van der Waals surface area contributed by atoms with Gasteiger partial charge in [-0.05, 0) is 36.8 Å². The van der Waals surface area contributed by atoms with Gasteiger partial charge in [0, 0.05) is 12.0 Å². The van der Waals surface area contributed by atoms with Crippen LogP contribution in [-0.4, -0.2) is 14.1 Å². The first-order valence-electron chi connectivity index (χ1n) is 8.91. The third-order valence-corrected chi connectivity index (χ3v) is 5.69. The highest BCUT2D eigenvalue weighted by atomic mass is 32.2. The van der Waals surface area contributed by atoms with Crippen LogP contribution in [0.5, 0.6) is 5.75 Å². The summed E-state index contributed by atoms with van der Waals surface area (Å²) in [5, 5.41) is 4.02. The van der Waals surface area contributed by atoms with E-state index in [2.05, 4.69) is 5.16 Å². The van der Waals surface area contributed by atoms with Gasteiger partial charge in [0.05, 0.1) is 5.71 Å². The molecule has 6 heteroatoms. The Morgan fingerprint density at radius 1 is 0.929 bits per heavy atom. The van der Waals surface area contributed by atoms with Gasteiger partial charge in [-0.3, -0.25) is 4.28 Å². The molecule has 1 atom stereocenters. The number of para-hydroxylation sites is 1. The number of fused-ring (bicyclic) bond motifs is 1. The maximum Gasteiger partial charge on any atom is 0.358 e. The van der Waals surface area contributed by atoms with Crippen LogP contribution in [0, 0.1) is 6.92 Å². The van der Waals surface area contributed by atoms with Crippen molar-refractivity contribution in [2.24, 2.45) is 5.16 Å². The molecule has 3 aromatic rings. The molecule has 28 heavy (non-hydrogen) atoms. The molecule has 0 N–H and O–H groups in total. The Labute approximate surface area is 164 Å². The summed E-state index contributed by atoms with van der Waals surface area (Å²) in [5.74, 6) is 0.651. The largest absolute Gasteiger partial charge is 0.485 e. The van der Waals surface area contributed by atoms with E-state index in [0.29, 0.717) is 17.9 Å². The second-order valence-electron chi connectivity index (χ2n) is 6.60. The lowest BCUT2D eigenvalue weighted by molar-refractivity contribution is 0.204.